The first-order chi connectivity index (χ1) is 11.6. The molecule has 1 saturated heterocycles. The molecule has 1 aromatic carbocycles. The van der Waals surface area contributed by atoms with Crippen molar-refractivity contribution in [2.45, 2.75) is 38.5 Å². The monoisotopic (exact) mass is 330 g/mol. The fraction of sp³-hybridized carbons (Fsp3) is 0.579. The van der Waals surface area contributed by atoms with E-state index in [1.54, 1.807) is 4.90 Å². The van der Waals surface area contributed by atoms with Crippen molar-refractivity contribution in [1.82, 2.24) is 10.2 Å². The summed E-state index contributed by atoms with van der Waals surface area (Å²) in [6.45, 7) is 6.75. The minimum atomic E-state index is -0.242. The second kappa shape index (κ2) is 7.24. The van der Waals surface area contributed by atoms with Crippen molar-refractivity contribution in [3.63, 3.8) is 0 Å². The Morgan fingerprint density at radius 1 is 1.33 bits per heavy atom. The van der Waals surface area contributed by atoms with Crippen LogP contribution in [-0.4, -0.2) is 43.1 Å². The molecule has 3 rings (SSSR count). The average molecular weight is 330 g/mol. The van der Waals surface area contributed by atoms with Crippen molar-refractivity contribution in [1.29, 1.82) is 0 Å². The largest absolute Gasteiger partial charge is 0.448 e. The summed E-state index contributed by atoms with van der Waals surface area (Å²) in [7, 11) is 0. The van der Waals surface area contributed by atoms with Crippen molar-refractivity contribution >= 4 is 12.0 Å². The Hall–Kier alpha value is -2.04. The van der Waals surface area contributed by atoms with E-state index in [2.05, 4.69) is 43.4 Å². The molecule has 130 valence electrons. The number of nitrogens with zero attached hydrogens (tertiary/aromatic N) is 1. The fourth-order valence-electron chi connectivity index (χ4n) is 3.22. The highest BCUT2D eigenvalue weighted by Gasteiger charge is 2.43. The van der Waals surface area contributed by atoms with E-state index in [0.717, 1.165) is 12.8 Å². The van der Waals surface area contributed by atoms with Crippen LogP contribution in [0, 0.1) is 5.92 Å². The van der Waals surface area contributed by atoms with E-state index in [-0.39, 0.29) is 17.9 Å². The quantitative estimate of drug-likeness (QED) is 0.782. The lowest BCUT2D eigenvalue weighted by Gasteiger charge is -2.12. The number of rotatable bonds is 7. The molecule has 5 nitrogen and oxygen atoms in total. The second-order valence-corrected chi connectivity index (χ2v) is 7.02. The molecule has 2 atom stereocenters. The van der Waals surface area contributed by atoms with Crippen molar-refractivity contribution < 1.29 is 14.3 Å². The van der Waals surface area contributed by atoms with Gasteiger partial charge in [0.25, 0.3) is 0 Å². The normalized spacial score (nSPS) is 22.6. The second-order valence-electron chi connectivity index (χ2n) is 7.02. The van der Waals surface area contributed by atoms with Gasteiger partial charge in [-0.2, -0.15) is 0 Å². The fourth-order valence-corrected chi connectivity index (χ4v) is 3.22. The molecule has 24 heavy (non-hydrogen) atoms. The van der Waals surface area contributed by atoms with Gasteiger partial charge in [-0.3, -0.25) is 4.79 Å². The summed E-state index contributed by atoms with van der Waals surface area (Å²) in [5, 5.41) is 3.00. The van der Waals surface area contributed by atoms with Gasteiger partial charge in [-0.05, 0) is 35.8 Å². The van der Waals surface area contributed by atoms with Crippen molar-refractivity contribution in [2.24, 2.45) is 5.92 Å². The van der Waals surface area contributed by atoms with E-state index >= 15 is 0 Å². The maximum absolute atomic E-state index is 12.2. The van der Waals surface area contributed by atoms with Gasteiger partial charge in [0.15, 0.2) is 0 Å². The molecule has 1 N–H and O–H groups in total. The third kappa shape index (κ3) is 3.89. The summed E-state index contributed by atoms with van der Waals surface area (Å²) in [4.78, 5) is 25.2. The van der Waals surface area contributed by atoms with E-state index in [1.165, 1.54) is 11.1 Å². The van der Waals surface area contributed by atoms with Gasteiger partial charge in [0.05, 0.1) is 6.54 Å². The van der Waals surface area contributed by atoms with Gasteiger partial charge in [0, 0.05) is 19.0 Å². The van der Waals surface area contributed by atoms with Crippen LogP contribution < -0.4 is 5.32 Å². The first kappa shape index (κ1) is 16.8. The van der Waals surface area contributed by atoms with Gasteiger partial charge in [0.2, 0.25) is 5.91 Å². The molecule has 0 bridgehead atoms. The SMILES string of the molecule is CC(C)c1ccc([C@@H]2C[C@@H]2C(=O)NCCCN2CCOC2=O)cc1. The zero-order valence-corrected chi connectivity index (χ0v) is 14.5. The van der Waals surface area contributed by atoms with E-state index < -0.39 is 0 Å². The number of amides is 2. The van der Waals surface area contributed by atoms with Gasteiger partial charge in [-0.1, -0.05) is 38.1 Å². The lowest BCUT2D eigenvalue weighted by atomic mass is 10.00. The number of hydrogen-bond acceptors (Lipinski definition) is 3. The molecule has 0 unspecified atom stereocenters. The summed E-state index contributed by atoms with van der Waals surface area (Å²) in [6.07, 6.45) is 1.46. The summed E-state index contributed by atoms with van der Waals surface area (Å²) in [5.41, 5.74) is 2.60. The molecule has 0 radical (unpaired) electrons. The lowest BCUT2D eigenvalue weighted by molar-refractivity contribution is -0.122. The first-order valence-electron chi connectivity index (χ1n) is 8.85. The summed E-state index contributed by atoms with van der Waals surface area (Å²) in [5.74, 6) is 1.13. The Morgan fingerprint density at radius 3 is 2.71 bits per heavy atom. The van der Waals surface area contributed by atoms with Gasteiger partial charge < -0.3 is 15.0 Å². The highest BCUT2D eigenvalue weighted by molar-refractivity contribution is 5.82. The van der Waals surface area contributed by atoms with Crippen LogP contribution in [0.25, 0.3) is 0 Å². The summed E-state index contributed by atoms with van der Waals surface area (Å²) >= 11 is 0. The topological polar surface area (TPSA) is 58.6 Å². The number of carbonyl (C=O) groups is 2. The van der Waals surface area contributed by atoms with Crippen LogP contribution in [0.1, 0.15) is 49.7 Å². The lowest BCUT2D eigenvalue weighted by Crippen LogP contribution is -2.31. The summed E-state index contributed by atoms with van der Waals surface area (Å²) in [6, 6.07) is 8.66. The molecule has 2 fully saturated rings. The number of ether oxygens (including phenoxy) is 1. The third-order valence-corrected chi connectivity index (χ3v) is 4.91. The molecule has 1 saturated carbocycles. The molecule has 5 heteroatoms. The number of nitrogens with one attached hydrogen (secondary N) is 1. The standard InChI is InChI=1S/C19H26N2O3/c1-13(2)14-4-6-15(7-5-14)16-12-17(16)18(22)20-8-3-9-21-10-11-24-19(21)23/h4-7,13,16-17H,3,8-12H2,1-2H3,(H,20,22)/t16-,17-/m0/s1. The Bertz CT molecular complexity index is 597. The zero-order valence-electron chi connectivity index (χ0n) is 14.5. The Morgan fingerprint density at radius 2 is 2.08 bits per heavy atom. The smallest absolute Gasteiger partial charge is 0.409 e. The van der Waals surface area contributed by atoms with Crippen LogP contribution in [-0.2, 0) is 9.53 Å². The van der Waals surface area contributed by atoms with Gasteiger partial charge in [-0.15, -0.1) is 0 Å². The van der Waals surface area contributed by atoms with E-state index in [4.69, 9.17) is 4.74 Å². The van der Waals surface area contributed by atoms with E-state index in [0.29, 0.717) is 38.1 Å². The van der Waals surface area contributed by atoms with Crippen molar-refractivity contribution in [2.75, 3.05) is 26.2 Å². The van der Waals surface area contributed by atoms with Crippen LogP contribution in [0.5, 0.6) is 0 Å². The highest BCUT2D eigenvalue weighted by Crippen LogP contribution is 2.47. The van der Waals surface area contributed by atoms with E-state index in [9.17, 15) is 9.59 Å². The van der Waals surface area contributed by atoms with Crippen LogP contribution in [0.3, 0.4) is 0 Å². The van der Waals surface area contributed by atoms with Crippen molar-refractivity contribution in [3.8, 4) is 0 Å². The molecule has 1 heterocycles. The first-order valence-corrected chi connectivity index (χ1v) is 8.85. The molecule has 0 spiro atoms. The van der Waals surface area contributed by atoms with Crippen molar-refractivity contribution in [3.05, 3.63) is 35.4 Å². The van der Waals surface area contributed by atoms with Crippen LogP contribution in [0.15, 0.2) is 24.3 Å². The molecule has 2 aliphatic rings. The molecule has 1 aliphatic carbocycles. The van der Waals surface area contributed by atoms with E-state index in [1.807, 2.05) is 0 Å². The van der Waals surface area contributed by atoms with Gasteiger partial charge >= 0.3 is 6.09 Å². The predicted octanol–water partition coefficient (Wildman–Crippen LogP) is 2.87. The molecule has 0 aromatic heterocycles. The minimum absolute atomic E-state index is 0.103. The Labute approximate surface area is 143 Å². The molecular weight excluding hydrogens is 304 g/mol. The average Bonchev–Trinajstić information content (AvgIpc) is 3.28. The Balaban J connectivity index is 1.38. The van der Waals surface area contributed by atoms with Gasteiger partial charge in [-0.25, -0.2) is 4.79 Å². The minimum Gasteiger partial charge on any atom is -0.448 e. The summed E-state index contributed by atoms with van der Waals surface area (Å²) < 4.78 is 4.88. The maximum Gasteiger partial charge on any atom is 0.409 e. The highest BCUT2D eigenvalue weighted by atomic mass is 16.6. The maximum atomic E-state index is 12.2. The molecule has 1 aromatic rings. The number of hydrogen-bond donors (Lipinski definition) is 1. The number of benzene rings is 1. The molecule has 2 amide bonds. The number of cyclic esters (lactones) is 1. The molecule has 1 aliphatic heterocycles. The van der Waals surface area contributed by atoms with Crippen LogP contribution in [0.2, 0.25) is 0 Å². The van der Waals surface area contributed by atoms with Crippen LogP contribution >= 0.6 is 0 Å². The Kier molecular flexibility index (Phi) is 5.07. The molecular formula is C19H26N2O3. The third-order valence-electron chi connectivity index (χ3n) is 4.91. The van der Waals surface area contributed by atoms with Gasteiger partial charge in [0.1, 0.15) is 6.61 Å². The zero-order chi connectivity index (χ0) is 17.1. The predicted molar refractivity (Wildman–Crippen MR) is 91.9 cm³/mol. The van der Waals surface area contributed by atoms with Crippen LogP contribution in [0.4, 0.5) is 4.79 Å². The number of carbonyl (C=O) groups excluding carboxylic acids is 2.